The normalized spacial score (nSPS) is 10.9. The minimum atomic E-state index is -0.0920. The molecule has 0 spiro atoms. The fraction of sp³-hybridized carbons (Fsp3) is 0.286. The minimum absolute atomic E-state index is 0.0477. The molecule has 2 amide bonds. The van der Waals surface area contributed by atoms with Crippen LogP contribution in [-0.2, 0) is 16.0 Å². The summed E-state index contributed by atoms with van der Waals surface area (Å²) in [6.07, 6.45) is 0.996. The third-order valence-corrected chi connectivity index (χ3v) is 5.14. The first-order valence-corrected chi connectivity index (χ1v) is 9.90. The molecular formula is C21H23N3O3S. The van der Waals surface area contributed by atoms with E-state index in [1.807, 2.05) is 50.2 Å². The molecule has 2 aromatic carbocycles. The predicted molar refractivity (Wildman–Crippen MR) is 113 cm³/mol. The number of nitrogens with zero attached hydrogens (tertiary/aromatic N) is 1. The van der Waals surface area contributed by atoms with Crippen LogP contribution in [0.15, 0.2) is 42.5 Å². The van der Waals surface area contributed by atoms with Crippen LogP contribution in [0.2, 0.25) is 0 Å². The van der Waals surface area contributed by atoms with Crippen molar-refractivity contribution in [1.29, 1.82) is 0 Å². The Morgan fingerprint density at radius 2 is 1.96 bits per heavy atom. The van der Waals surface area contributed by atoms with Gasteiger partial charge >= 0.3 is 0 Å². The number of hydrogen-bond acceptors (Lipinski definition) is 5. The Labute approximate surface area is 167 Å². The molecule has 0 fully saturated rings. The summed E-state index contributed by atoms with van der Waals surface area (Å²) in [6, 6.07) is 13.2. The molecule has 7 heteroatoms. The van der Waals surface area contributed by atoms with Crippen molar-refractivity contribution in [2.75, 3.05) is 17.7 Å². The van der Waals surface area contributed by atoms with Gasteiger partial charge in [0.1, 0.15) is 5.75 Å². The van der Waals surface area contributed by atoms with E-state index in [1.54, 1.807) is 13.2 Å². The van der Waals surface area contributed by atoms with Gasteiger partial charge in [0.15, 0.2) is 5.13 Å². The molecule has 0 saturated heterocycles. The van der Waals surface area contributed by atoms with Crippen LogP contribution in [-0.4, -0.2) is 23.9 Å². The fourth-order valence-electron chi connectivity index (χ4n) is 2.61. The van der Waals surface area contributed by atoms with Gasteiger partial charge in [0, 0.05) is 24.1 Å². The van der Waals surface area contributed by atoms with E-state index in [1.165, 1.54) is 11.3 Å². The smallest absolute Gasteiger partial charge is 0.228 e. The lowest BCUT2D eigenvalue weighted by Crippen LogP contribution is -2.17. The highest BCUT2D eigenvalue weighted by Gasteiger charge is 2.11. The van der Waals surface area contributed by atoms with Crippen LogP contribution < -0.4 is 15.4 Å². The van der Waals surface area contributed by atoms with E-state index in [0.717, 1.165) is 15.8 Å². The van der Waals surface area contributed by atoms with E-state index in [-0.39, 0.29) is 17.7 Å². The van der Waals surface area contributed by atoms with Crippen LogP contribution in [0.25, 0.3) is 10.2 Å². The third kappa shape index (κ3) is 5.07. The Kier molecular flexibility index (Phi) is 6.26. The zero-order valence-corrected chi connectivity index (χ0v) is 16.9. The molecule has 3 aromatic rings. The Hall–Kier alpha value is -2.93. The molecule has 0 saturated carbocycles. The van der Waals surface area contributed by atoms with E-state index in [0.29, 0.717) is 29.4 Å². The summed E-state index contributed by atoms with van der Waals surface area (Å²) in [5.74, 6) is 0.510. The number of amides is 2. The number of hydrogen-bond donors (Lipinski definition) is 2. The zero-order valence-electron chi connectivity index (χ0n) is 16.1. The average Bonchev–Trinajstić information content (AvgIpc) is 3.07. The Morgan fingerprint density at radius 1 is 1.14 bits per heavy atom. The first-order chi connectivity index (χ1) is 13.4. The van der Waals surface area contributed by atoms with Gasteiger partial charge in [-0.05, 0) is 36.2 Å². The predicted octanol–water partition coefficient (Wildman–Crippen LogP) is 4.47. The molecule has 0 aliphatic heterocycles. The minimum Gasteiger partial charge on any atom is -0.497 e. The molecule has 0 bridgehead atoms. The lowest BCUT2D eigenvalue weighted by atomic mass is 10.1. The highest BCUT2D eigenvalue weighted by molar-refractivity contribution is 7.22. The van der Waals surface area contributed by atoms with Crippen molar-refractivity contribution in [3.05, 3.63) is 48.0 Å². The summed E-state index contributed by atoms with van der Waals surface area (Å²) in [5, 5.41) is 6.31. The van der Waals surface area contributed by atoms with Crippen LogP contribution in [0, 0.1) is 5.92 Å². The number of rotatable bonds is 7. The number of carbonyl (C=O) groups excluding carboxylic acids is 2. The van der Waals surface area contributed by atoms with Crippen LogP contribution in [0.3, 0.4) is 0 Å². The maximum absolute atomic E-state index is 12.2. The number of nitrogens with one attached hydrogen (secondary N) is 2. The second kappa shape index (κ2) is 8.84. The van der Waals surface area contributed by atoms with Gasteiger partial charge in [-0.15, -0.1) is 0 Å². The van der Waals surface area contributed by atoms with Crippen LogP contribution in [0.1, 0.15) is 25.8 Å². The number of benzene rings is 2. The maximum atomic E-state index is 12.2. The molecule has 3 rings (SSSR count). The summed E-state index contributed by atoms with van der Waals surface area (Å²) in [7, 11) is 1.59. The molecule has 1 aromatic heterocycles. The van der Waals surface area contributed by atoms with Gasteiger partial charge in [-0.25, -0.2) is 4.98 Å². The molecule has 1 heterocycles. The van der Waals surface area contributed by atoms with Crippen molar-refractivity contribution in [3.63, 3.8) is 0 Å². The summed E-state index contributed by atoms with van der Waals surface area (Å²) in [6.45, 7) is 3.69. The van der Waals surface area contributed by atoms with Gasteiger partial charge in [0.2, 0.25) is 11.8 Å². The van der Waals surface area contributed by atoms with E-state index in [2.05, 4.69) is 15.6 Å². The van der Waals surface area contributed by atoms with Gasteiger partial charge in [-0.1, -0.05) is 37.3 Å². The molecule has 28 heavy (non-hydrogen) atoms. The average molecular weight is 398 g/mol. The number of aryl methyl sites for hydroxylation is 1. The van der Waals surface area contributed by atoms with Gasteiger partial charge in [-0.2, -0.15) is 0 Å². The molecule has 0 aliphatic rings. The highest BCUT2D eigenvalue weighted by Crippen LogP contribution is 2.27. The quantitative estimate of drug-likeness (QED) is 0.616. The fourth-order valence-corrected chi connectivity index (χ4v) is 3.54. The Morgan fingerprint density at radius 3 is 2.71 bits per heavy atom. The molecule has 0 radical (unpaired) electrons. The van der Waals surface area contributed by atoms with Gasteiger partial charge in [0.25, 0.3) is 0 Å². The molecule has 146 valence electrons. The number of anilines is 2. The first kappa shape index (κ1) is 19.8. The molecular weight excluding hydrogens is 374 g/mol. The van der Waals surface area contributed by atoms with Crippen molar-refractivity contribution >= 4 is 44.2 Å². The molecule has 0 atom stereocenters. The van der Waals surface area contributed by atoms with E-state index >= 15 is 0 Å². The van der Waals surface area contributed by atoms with Gasteiger partial charge in [0.05, 0.1) is 17.3 Å². The van der Waals surface area contributed by atoms with E-state index < -0.39 is 0 Å². The molecule has 6 nitrogen and oxygen atoms in total. The topological polar surface area (TPSA) is 80.3 Å². The van der Waals surface area contributed by atoms with Gasteiger partial charge in [-0.3, -0.25) is 9.59 Å². The second-order valence-electron chi connectivity index (χ2n) is 6.75. The first-order valence-electron chi connectivity index (χ1n) is 9.09. The van der Waals surface area contributed by atoms with Crippen molar-refractivity contribution in [1.82, 2.24) is 4.98 Å². The summed E-state index contributed by atoms with van der Waals surface area (Å²) in [4.78, 5) is 28.5. The number of carbonyl (C=O) groups is 2. The molecule has 2 N–H and O–H groups in total. The number of ether oxygens (including phenoxy) is 1. The Balaban J connectivity index is 1.60. The van der Waals surface area contributed by atoms with Crippen molar-refractivity contribution in [2.24, 2.45) is 5.92 Å². The summed E-state index contributed by atoms with van der Waals surface area (Å²) >= 11 is 1.44. The summed E-state index contributed by atoms with van der Waals surface area (Å²) in [5.41, 5.74) is 2.61. The van der Waals surface area contributed by atoms with Crippen LogP contribution in [0.4, 0.5) is 10.8 Å². The van der Waals surface area contributed by atoms with Crippen LogP contribution >= 0.6 is 11.3 Å². The number of fused-ring (bicyclic) bond motifs is 1. The Bertz CT molecular complexity index is 997. The second-order valence-corrected chi connectivity index (χ2v) is 7.78. The largest absolute Gasteiger partial charge is 0.497 e. The van der Waals surface area contributed by atoms with Gasteiger partial charge < -0.3 is 15.4 Å². The standard InChI is InChI=1S/C21H23N3O3S/c1-13(2)20(26)24-21-23-17-9-7-14(11-18(17)28-21)8-10-19(25)22-15-5-4-6-16(12-15)27-3/h4-7,9,11-13H,8,10H2,1-3H3,(H,22,25)(H,23,24,26). The summed E-state index contributed by atoms with van der Waals surface area (Å²) < 4.78 is 6.15. The lowest BCUT2D eigenvalue weighted by Gasteiger charge is -2.07. The number of methoxy groups -OCH3 is 1. The van der Waals surface area contributed by atoms with E-state index in [9.17, 15) is 9.59 Å². The van der Waals surface area contributed by atoms with Crippen molar-refractivity contribution in [2.45, 2.75) is 26.7 Å². The van der Waals surface area contributed by atoms with Crippen LogP contribution in [0.5, 0.6) is 5.75 Å². The number of thiazole rings is 1. The lowest BCUT2D eigenvalue weighted by molar-refractivity contribution is -0.119. The molecule has 0 unspecified atom stereocenters. The van der Waals surface area contributed by atoms with Crippen molar-refractivity contribution in [3.8, 4) is 5.75 Å². The highest BCUT2D eigenvalue weighted by atomic mass is 32.1. The zero-order chi connectivity index (χ0) is 20.1. The monoisotopic (exact) mass is 397 g/mol. The van der Waals surface area contributed by atoms with Crippen molar-refractivity contribution < 1.29 is 14.3 Å². The maximum Gasteiger partial charge on any atom is 0.228 e. The third-order valence-electron chi connectivity index (χ3n) is 4.20. The number of aromatic nitrogens is 1. The molecule has 0 aliphatic carbocycles. The SMILES string of the molecule is COc1cccc(NC(=O)CCc2ccc3nc(NC(=O)C(C)C)sc3c2)c1. The van der Waals surface area contributed by atoms with E-state index in [4.69, 9.17) is 4.74 Å².